The highest BCUT2D eigenvalue weighted by Crippen LogP contribution is 2.25. The zero-order valence-corrected chi connectivity index (χ0v) is 13.0. The fourth-order valence-corrected chi connectivity index (χ4v) is 3.05. The van der Waals surface area contributed by atoms with E-state index < -0.39 is 0 Å². The summed E-state index contributed by atoms with van der Waals surface area (Å²) in [7, 11) is 3.72. The van der Waals surface area contributed by atoms with E-state index in [0.29, 0.717) is 0 Å². The molecule has 20 heavy (non-hydrogen) atoms. The van der Waals surface area contributed by atoms with Crippen molar-refractivity contribution in [1.82, 2.24) is 14.9 Å². The number of ether oxygens (including phenoxy) is 1. The van der Waals surface area contributed by atoms with E-state index in [1.165, 1.54) is 5.56 Å². The van der Waals surface area contributed by atoms with Crippen molar-refractivity contribution < 1.29 is 4.74 Å². The monoisotopic (exact) mass is 291 g/mol. The van der Waals surface area contributed by atoms with Crippen LogP contribution < -0.4 is 10.1 Å². The first kappa shape index (κ1) is 14.9. The smallest absolute Gasteiger partial charge is 0.167 e. The summed E-state index contributed by atoms with van der Waals surface area (Å²) in [6.45, 7) is 3.06. The topological polar surface area (TPSA) is 39.1 Å². The van der Waals surface area contributed by atoms with Crippen LogP contribution in [0, 0.1) is 0 Å². The van der Waals surface area contributed by atoms with Gasteiger partial charge in [-0.05, 0) is 24.2 Å². The molecule has 0 spiro atoms. The highest BCUT2D eigenvalue weighted by Gasteiger charge is 2.13. The van der Waals surface area contributed by atoms with E-state index in [1.54, 1.807) is 18.9 Å². The first-order valence-electron chi connectivity index (χ1n) is 6.72. The summed E-state index contributed by atoms with van der Waals surface area (Å²) < 4.78 is 7.34. The largest absolute Gasteiger partial charge is 0.497 e. The summed E-state index contributed by atoms with van der Waals surface area (Å²) >= 11 is 1.76. The Morgan fingerprint density at radius 3 is 2.95 bits per heavy atom. The molecule has 1 aromatic carbocycles. The van der Waals surface area contributed by atoms with E-state index in [4.69, 9.17) is 4.74 Å². The number of imidazole rings is 1. The molecule has 1 heterocycles. The molecule has 1 unspecified atom stereocenters. The minimum Gasteiger partial charge on any atom is -0.497 e. The molecule has 0 saturated carbocycles. The fraction of sp³-hybridized carbons (Fsp3) is 0.400. The molecule has 2 rings (SSSR count). The molecule has 0 bridgehead atoms. The molecule has 0 aliphatic rings. The molecule has 0 radical (unpaired) electrons. The summed E-state index contributed by atoms with van der Waals surface area (Å²) in [4.78, 5) is 4.35. The van der Waals surface area contributed by atoms with Crippen molar-refractivity contribution >= 4 is 11.8 Å². The van der Waals surface area contributed by atoms with Crippen LogP contribution in [0.4, 0.5) is 0 Å². The number of nitrogens with one attached hydrogen (secondary N) is 1. The fourth-order valence-electron chi connectivity index (χ4n) is 2.03. The number of nitrogens with zero attached hydrogens (tertiary/aromatic N) is 2. The lowest BCUT2D eigenvalue weighted by Crippen LogP contribution is -2.23. The Hall–Kier alpha value is -1.46. The normalized spacial score (nSPS) is 12.3. The van der Waals surface area contributed by atoms with Gasteiger partial charge in [0.2, 0.25) is 0 Å². The summed E-state index contributed by atoms with van der Waals surface area (Å²) in [5, 5.41) is 4.56. The predicted molar refractivity (Wildman–Crippen MR) is 83.3 cm³/mol. The van der Waals surface area contributed by atoms with Gasteiger partial charge in [0.1, 0.15) is 5.75 Å². The highest BCUT2D eigenvalue weighted by atomic mass is 32.2. The van der Waals surface area contributed by atoms with E-state index in [0.717, 1.165) is 23.2 Å². The molecule has 0 saturated heterocycles. The first-order valence-corrected chi connectivity index (χ1v) is 7.70. The van der Waals surface area contributed by atoms with Crippen LogP contribution in [-0.2, 0) is 7.05 Å². The maximum atomic E-state index is 5.30. The summed E-state index contributed by atoms with van der Waals surface area (Å²) in [5.41, 5.74) is 1.24. The minimum absolute atomic E-state index is 0.289. The Balaban J connectivity index is 2.08. The predicted octanol–water partition coefficient (Wildman–Crippen LogP) is 2.87. The number of methoxy groups -OCH3 is 1. The Morgan fingerprint density at radius 2 is 2.30 bits per heavy atom. The van der Waals surface area contributed by atoms with Gasteiger partial charge in [-0.1, -0.05) is 30.8 Å². The maximum Gasteiger partial charge on any atom is 0.167 e. The van der Waals surface area contributed by atoms with E-state index in [1.807, 2.05) is 36.1 Å². The number of benzene rings is 1. The molecule has 1 aromatic heterocycles. The Kier molecular flexibility index (Phi) is 5.49. The second kappa shape index (κ2) is 7.36. The van der Waals surface area contributed by atoms with E-state index in [-0.39, 0.29) is 6.04 Å². The quantitative estimate of drug-likeness (QED) is 0.796. The van der Waals surface area contributed by atoms with Crippen LogP contribution in [0.3, 0.4) is 0 Å². The maximum absolute atomic E-state index is 5.30. The van der Waals surface area contributed by atoms with Crippen molar-refractivity contribution in [1.29, 1.82) is 0 Å². The van der Waals surface area contributed by atoms with Crippen molar-refractivity contribution in [2.75, 3.05) is 19.4 Å². The standard InChI is InChI=1S/C15H21N3OS/c1-4-16-14(11-20-15-17-8-9-18(15)2)12-6-5-7-13(10-12)19-3/h5-10,14,16H,4,11H2,1-3H3. The van der Waals surface area contributed by atoms with Gasteiger partial charge >= 0.3 is 0 Å². The number of aromatic nitrogens is 2. The van der Waals surface area contributed by atoms with Gasteiger partial charge in [0, 0.05) is 31.2 Å². The minimum atomic E-state index is 0.289. The van der Waals surface area contributed by atoms with Crippen LogP contribution in [-0.4, -0.2) is 29.0 Å². The summed E-state index contributed by atoms with van der Waals surface area (Å²) in [5.74, 6) is 1.83. The zero-order chi connectivity index (χ0) is 14.4. The lowest BCUT2D eigenvalue weighted by Gasteiger charge is -2.18. The van der Waals surface area contributed by atoms with E-state index >= 15 is 0 Å². The third-order valence-corrected chi connectivity index (χ3v) is 4.25. The van der Waals surface area contributed by atoms with Gasteiger partial charge in [-0.25, -0.2) is 4.98 Å². The second-order valence-electron chi connectivity index (χ2n) is 4.52. The van der Waals surface area contributed by atoms with Crippen molar-refractivity contribution in [3.63, 3.8) is 0 Å². The van der Waals surface area contributed by atoms with E-state index in [2.05, 4.69) is 29.4 Å². The molecular weight excluding hydrogens is 270 g/mol. The molecule has 1 atom stereocenters. The van der Waals surface area contributed by atoms with E-state index in [9.17, 15) is 0 Å². The Morgan fingerprint density at radius 1 is 1.45 bits per heavy atom. The van der Waals surface area contributed by atoms with Gasteiger partial charge in [0.15, 0.2) is 5.16 Å². The molecule has 5 heteroatoms. The molecule has 2 aromatic rings. The van der Waals surface area contributed by atoms with Gasteiger partial charge in [-0.15, -0.1) is 0 Å². The molecule has 0 aliphatic carbocycles. The number of hydrogen-bond donors (Lipinski definition) is 1. The lowest BCUT2D eigenvalue weighted by atomic mass is 10.1. The third-order valence-electron chi connectivity index (χ3n) is 3.10. The van der Waals surface area contributed by atoms with Crippen LogP contribution in [0.25, 0.3) is 0 Å². The average molecular weight is 291 g/mol. The van der Waals surface area contributed by atoms with Crippen molar-refractivity contribution in [2.45, 2.75) is 18.1 Å². The van der Waals surface area contributed by atoms with Crippen LogP contribution in [0.2, 0.25) is 0 Å². The summed E-state index contributed by atoms with van der Waals surface area (Å²) in [6, 6.07) is 8.51. The van der Waals surface area contributed by atoms with Crippen molar-refractivity contribution in [3.8, 4) is 5.75 Å². The zero-order valence-electron chi connectivity index (χ0n) is 12.2. The average Bonchev–Trinajstić information content (AvgIpc) is 2.89. The molecule has 108 valence electrons. The molecule has 0 fully saturated rings. The molecule has 1 N–H and O–H groups in total. The SMILES string of the molecule is CCNC(CSc1nccn1C)c1cccc(OC)c1. The number of aryl methyl sites for hydroxylation is 1. The van der Waals surface area contributed by atoms with Crippen LogP contribution in [0.5, 0.6) is 5.75 Å². The molecular formula is C15H21N3OS. The Labute approximate surface area is 124 Å². The molecule has 0 amide bonds. The van der Waals surface area contributed by atoms with Gasteiger partial charge in [-0.3, -0.25) is 0 Å². The van der Waals surface area contributed by atoms with Crippen molar-refractivity contribution in [3.05, 3.63) is 42.2 Å². The lowest BCUT2D eigenvalue weighted by molar-refractivity contribution is 0.413. The number of thioether (sulfide) groups is 1. The first-order chi connectivity index (χ1) is 9.74. The highest BCUT2D eigenvalue weighted by molar-refractivity contribution is 7.99. The van der Waals surface area contributed by atoms with Gasteiger partial charge in [-0.2, -0.15) is 0 Å². The number of hydrogen-bond acceptors (Lipinski definition) is 4. The second-order valence-corrected chi connectivity index (χ2v) is 5.51. The van der Waals surface area contributed by atoms with Crippen LogP contribution in [0.15, 0.2) is 41.8 Å². The van der Waals surface area contributed by atoms with Gasteiger partial charge in [0.25, 0.3) is 0 Å². The van der Waals surface area contributed by atoms with Crippen LogP contribution >= 0.6 is 11.8 Å². The van der Waals surface area contributed by atoms with Gasteiger partial charge < -0.3 is 14.6 Å². The van der Waals surface area contributed by atoms with Gasteiger partial charge in [0.05, 0.1) is 7.11 Å². The van der Waals surface area contributed by atoms with Crippen molar-refractivity contribution in [2.24, 2.45) is 7.05 Å². The molecule has 0 aliphatic heterocycles. The summed E-state index contributed by atoms with van der Waals surface area (Å²) in [6.07, 6.45) is 3.80. The molecule has 4 nitrogen and oxygen atoms in total. The number of rotatable bonds is 7. The van der Waals surface area contributed by atoms with Crippen LogP contribution in [0.1, 0.15) is 18.5 Å². The third kappa shape index (κ3) is 3.77. The Bertz CT molecular complexity index is 541.